The Morgan fingerprint density at radius 2 is 2.50 bits per heavy atom. The molecular weight excluding hydrogens is 186 g/mol. The van der Waals surface area contributed by atoms with Crippen LogP contribution >= 0.6 is 0 Å². The average Bonchev–Trinajstić information content (AvgIpc) is 2.54. The van der Waals surface area contributed by atoms with E-state index < -0.39 is 5.97 Å². The maximum atomic E-state index is 11.2. The minimum absolute atomic E-state index is 0.139. The van der Waals surface area contributed by atoms with Gasteiger partial charge in [0.25, 0.3) is 0 Å². The summed E-state index contributed by atoms with van der Waals surface area (Å²) in [7, 11) is 1.70. The summed E-state index contributed by atoms with van der Waals surface area (Å²) in [6.07, 6.45) is 2.98. The van der Waals surface area contributed by atoms with Crippen LogP contribution in [0.1, 0.15) is 12.5 Å². The van der Waals surface area contributed by atoms with Crippen LogP contribution in [0.5, 0.6) is 0 Å². The van der Waals surface area contributed by atoms with Gasteiger partial charge in [0.1, 0.15) is 0 Å². The van der Waals surface area contributed by atoms with Crippen molar-refractivity contribution in [1.82, 2.24) is 9.78 Å². The molecule has 0 unspecified atom stereocenters. The van der Waals surface area contributed by atoms with E-state index in [-0.39, 0.29) is 12.3 Å². The van der Waals surface area contributed by atoms with Gasteiger partial charge in [-0.1, -0.05) is 5.16 Å². The van der Waals surface area contributed by atoms with E-state index in [2.05, 4.69) is 10.3 Å². The molecule has 1 aromatic rings. The van der Waals surface area contributed by atoms with Crippen molar-refractivity contribution in [2.45, 2.75) is 6.92 Å². The molecule has 1 heterocycles. The fourth-order valence-corrected chi connectivity index (χ4v) is 0.959. The van der Waals surface area contributed by atoms with Crippen LogP contribution in [0, 0.1) is 0 Å². The van der Waals surface area contributed by atoms with Gasteiger partial charge in [0.2, 0.25) is 0 Å². The highest BCUT2D eigenvalue weighted by molar-refractivity contribution is 6.43. The number of aromatic nitrogens is 2. The molecule has 0 saturated carbocycles. The predicted molar refractivity (Wildman–Crippen MR) is 48.2 cm³/mol. The van der Waals surface area contributed by atoms with E-state index in [1.165, 1.54) is 10.9 Å². The monoisotopic (exact) mass is 197 g/mol. The molecule has 0 saturated heterocycles. The highest BCUT2D eigenvalue weighted by Crippen LogP contribution is 2.01. The van der Waals surface area contributed by atoms with Crippen LogP contribution in [0.25, 0.3) is 0 Å². The molecule has 6 nitrogen and oxygen atoms in total. The Hall–Kier alpha value is -1.85. The van der Waals surface area contributed by atoms with E-state index in [1.807, 2.05) is 0 Å². The maximum absolute atomic E-state index is 11.2. The lowest BCUT2D eigenvalue weighted by Crippen LogP contribution is -2.18. The van der Waals surface area contributed by atoms with Crippen molar-refractivity contribution in [2.75, 3.05) is 6.61 Å². The Kier molecular flexibility index (Phi) is 3.22. The second-order valence-corrected chi connectivity index (χ2v) is 2.57. The SMILES string of the molecule is CCOC(=O)/C(=N\O)c1cnn(C)c1. The first-order valence-electron chi connectivity index (χ1n) is 4.07. The second kappa shape index (κ2) is 4.40. The molecule has 0 bridgehead atoms. The van der Waals surface area contributed by atoms with Gasteiger partial charge in [-0.05, 0) is 6.92 Å². The molecule has 0 atom stereocenters. The zero-order valence-corrected chi connectivity index (χ0v) is 7.97. The first-order valence-corrected chi connectivity index (χ1v) is 4.07. The van der Waals surface area contributed by atoms with Crippen LogP contribution in [-0.4, -0.2) is 33.3 Å². The van der Waals surface area contributed by atoms with Crippen molar-refractivity contribution in [3.63, 3.8) is 0 Å². The molecular formula is C8H11N3O3. The van der Waals surface area contributed by atoms with E-state index in [0.717, 1.165) is 0 Å². The van der Waals surface area contributed by atoms with Gasteiger partial charge in [0.15, 0.2) is 5.71 Å². The van der Waals surface area contributed by atoms with E-state index in [4.69, 9.17) is 9.94 Å². The van der Waals surface area contributed by atoms with Crippen molar-refractivity contribution in [3.05, 3.63) is 18.0 Å². The minimum atomic E-state index is -0.664. The fourth-order valence-electron chi connectivity index (χ4n) is 0.959. The first kappa shape index (κ1) is 10.2. The number of hydrogen-bond acceptors (Lipinski definition) is 5. The Morgan fingerprint density at radius 1 is 1.79 bits per heavy atom. The van der Waals surface area contributed by atoms with Gasteiger partial charge >= 0.3 is 5.97 Å². The standard InChI is InChI=1S/C8H11N3O3/c1-3-14-8(12)7(10-13)6-4-9-11(2)5-6/h4-5,13H,3H2,1-2H3/b10-7-. The van der Waals surface area contributed by atoms with Crippen LogP contribution in [0.15, 0.2) is 17.5 Å². The van der Waals surface area contributed by atoms with Crippen molar-refractivity contribution in [3.8, 4) is 0 Å². The van der Waals surface area contributed by atoms with Gasteiger partial charge in [0, 0.05) is 18.8 Å². The van der Waals surface area contributed by atoms with Crippen LogP contribution < -0.4 is 0 Å². The number of oxime groups is 1. The molecule has 0 amide bonds. The Bertz CT molecular complexity index is 356. The maximum Gasteiger partial charge on any atom is 0.361 e. The summed E-state index contributed by atoms with van der Waals surface area (Å²) >= 11 is 0. The Labute approximate surface area is 80.8 Å². The van der Waals surface area contributed by atoms with Gasteiger partial charge in [0.05, 0.1) is 12.8 Å². The van der Waals surface area contributed by atoms with Crippen molar-refractivity contribution in [1.29, 1.82) is 0 Å². The summed E-state index contributed by atoms with van der Waals surface area (Å²) in [5.74, 6) is -0.664. The number of esters is 1. The molecule has 0 spiro atoms. The number of carbonyl (C=O) groups excluding carboxylic acids is 1. The smallest absolute Gasteiger partial charge is 0.361 e. The third kappa shape index (κ3) is 2.09. The number of carbonyl (C=O) groups is 1. The lowest BCUT2D eigenvalue weighted by Gasteiger charge is -2.00. The van der Waals surface area contributed by atoms with E-state index >= 15 is 0 Å². The molecule has 14 heavy (non-hydrogen) atoms. The van der Waals surface area contributed by atoms with Gasteiger partial charge in [-0.25, -0.2) is 4.79 Å². The van der Waals surface area contributed by atoms with E-state index in [1.54, 1.807) is 20.2 Å². The lowest BCUT2D eigenvalue weighted by atomic mass is 10.2. The van der Waals surface area contributed by atoms with Crippen LogP contribution in [0.3, 0.4) is 0 Å². The molecule has 1 rings (SSSR count). The number of rotatable bonds is 3. The summed E-state index contributed by atoms with van der Waals surface area (Å²) < 4.78 is 6.19. The quantitative estimate of drug-likeness (QED) is 0.324. The van der Waals surface area contributed by atoms with Gasteiger partial charge in [-0.15, -0.1) is 0 Å². The fraction of sp³-hybridized carbons (Fsp3) is 0.375. The summed E-state index contributed by atoms with van der Waals surface area (Å²) in [5, 5.41) is 15.4. The normalized spacial score (nSPS) is 11.4. The number of nitrogens with zero attached hydrogens (tertiary/aromatic N) is 3. The highest BCUT2D eigenvalue weighted by atomic mass is 16.5. The number of hydrogen-bond donors (Lipinski definition) is 1. The number of ether oxygens (including phenoxy) is 1. The lowest BCUT2D eigenvalue weighted by molar-refractivity contribution is -0.135. The first-order chi connectivity index (χ1) is 6.69. The van der Waals surface area contributed by atoms with E-state index in [0.29, 0.717) is 5.56 Å². The summed E-state index contributed by atoms with van der Waals surface area (Å²) in [6, 6.07) is 0. The molecule has 1 aromatic heterocycles. The van der Waals surface area contributed by atoms with Crippen molar-refractivity contribution < 1.29 is 14.7 Å². The molecule has 0 aliphatic carbocycles. The van der Waals surface area contributed by atoms with Crippen molar-refractivity contribution >= 4 is 11.7 Å². The molecule has 0 aliphatic heterocycles. The Morgan fingerprint density at radius 3 is 2.93 bits per heavy atom. The van der Waals surface area contributed by atoms with Crippen LogP contribution in [-0.2, 0) is 16.6 Å². The molecule has 6 heteroatoms. The zero-order chi connectivity index (χ0) is 10.6. The third-order valence-electron chi connectivity index (χ3n) is 1.55. The topological polar surface area (TPSA) is 76.7 Å². The van der Waals surface area contributed by atoms with Gasteiger partial charge in [-0.2, -0.15) is 5.10 Å². The minimum Gasteiger partial charge on any atom is -0.461 e. The van der Waals surface area contributed by atoms with Gasteiger partial charge < -0.3 is 9.94 Å². The Balaban J connectivity index is 2.88. The van der Waals surface area contributed by atoms with Gasteiger partial charge in [-0.3, -0.25) is 4.68 Å². The number of aryl methyl sites for hydroxylation is 1. The average molecular weight is 197 g/mol. The highest BCUT2D eigenvalue weighted by Gasteiger charge is 2.17. The molecule has 0 fully saturated rings. The summed E-state index contributed by atoms with van der Waals surface area (Å²) in [5.41, 5.74) is 0.286. The predicted octanol–water partition coefficient (Wildman–Crippen LogP) is 0.161. The third-order valence-corrected chi connectivity index (χ3v) is 1.55. The van der Waals surface area contributed by atoms with E-state index in [9.17, 15) is 4.79 Å². The summed E-state index contributed by atoms with van der Waals surface area (Å²) in [4.78, 5) is 11.2. The van der Waals surface area contributed by atoms with Crippen LogP contribution in [0.2, 0.25) is 0 Å². The van der Waals surface area contributed by atoms with Crippen LogP contribution in [0.4, 0.5) is 0 Å². The zero-order valence-electron chi connectivity index (χ0n) is 7.97. The summed E-state index contributed by atoms with van der Waals surface area (Å²) in [6.45, 7) is 1.91. The molecule has 76 valence electrons. The molecule has 0 radical (unpaired) electrons. The van der Waals surface area contributed by atoms with Crippen molar-refractivity contribution in [2.24, 2.45) is 12.2 Å². The molecule has 1 N–H and O–H groups in total. The molecule has 0 aromatic carbocycles. The second-order valence-electron chi connectivity index (χ2n) is 2.57. The largest absolute Gasteiger partial charge is 0.461 e. The molecule has 0 aliphatic rings.